The normalized spacial score (nSPS) is 11.4. The number of hydrazine groups is 1. The quantitative estimate of drug-likeness (QED) is 0.415. The van der Waals surface area contributed by atoms with Gasteiger partial charge in [0.05, 0.1) is 28.5 Å². The van der Waals surface area contributed by atoms with E-state index in [4.69, 9.17) is 16.9 Å². The molecule has 4 nitrogen and oxygen atoms in total. The number of carbonyl (C=O) groups excluding carboxylic acids is 1. The number of hydrogen-bond donors (Lipinski definition) is 2. The Balaban J connectivity index is 3.07. The minimum absolute atomic E-state index is 0.0896. The molecule has 0 aliphatic rings. The van der Waals surface area contributed by atoms with Gasteiger partial charge in [0.25, 0.3) is 5.91 Å². The summed E-state index contributed by atoms with van der Waals surface area (Å²) in [7, 11) is 0. The molecule has 1 aromatic carbocycles. The van der Waals surface area contributed by atoms with E-state index in [1.165, 1.54) is 12.1 Å². The molecule has 0 saturated carbocycles. The van der Waals surface area contributed by atoms with E-state index in [1.807, 2.05) is 0 Å². The van der Waals surface area contributed by atoms with Gasteiger partial charge < -0.3 is 0 Å². The highest BCUT2D eigenvalue weighted by Gasteiger charge is 2.34. The molecule has 0 saturated heterocycles. The van der Waals surface area contributed by atoms with Crippen molar-refractivity contribution in [1.29, 1.82) is 5.26 Å². The molecule has 0 fully saturated rings. The van der Waals surface area contributed by atoms with Crippen molar-refractivity contribution in [2.45, 2.75) is 6.18 Å². The summed E-state index contributed by atoms with van der Waals surface area (Å²) < 4.78 is 39.4. The molecule has 0 aliphatic heterocycles. The average molecular weight is 421 g/mol. The van der Waals surface area contributed by atoms with E-state index in [0.29, 0.717) is 10.5 Å². The third kappa shape index (κ3) is 5.44. The lowest BCUT2D eigenvalue weighted by atomic mass is 10.1. The van der Waals surface area contributed by atoms with Crippen molar-refractivity contribution in [2.24, 2.45) is 0 Å². The minimum Gasteiger partial charge on any atom is -0.298 e. The molecular formula is C15H10BrClF3N3O. The van der Waals surface area contributed by atoms with Crippen LogP contribution in [0.25, 0.3) is 0 Å². The summed E-state index contributed by atoms with van der Waals surface area (Å²) in [4.78, 5) is 12.0. The van der Waals surface area contributed by atoms with Crippen LogP contribution in [0.1, 0.15) is 11.1 Å². The predicted octanol–water partition coefficient (Wildman–Crippen LogP) is 4.61. The lowest BCUT2D eigenvalue weighted by molar-refractivity contribution is -0.137. The van der Waals surface area contributed by atoms with E-state index in [2.05, 4.69) is 39.9 Å². The molecule has 1 amide bonds. The first kappa shape index (κ1) is 19.8. The van der Waals surface area contributed by atoms with Gasteiger partial charge in [0, 0.05) is 9.51 Å². The molecule has 0 aliphatic carbocycles. The number of alkyl halides is 3. The Labute approximate surface area is 149 Å². The maximum atomic E-state index is 13.0. The number of rotatable bonds is 5. The molecule has 0 heterocycles. The first-order chi connectivity index (χ1) is 11.1. The van der Waals surface area contributed by atoms with Crippen molar-refractivity contribution in [3.05, 3.63) is 63.6 Å². The van der Waals surface area contributed by atoms with Crippen LogP contribution in [0.3, 0.4) is 0 Å². The minimum atomic E-state index is -4.71. The number of benzene rings is 1. The fourth-order valence-corrected chi connectivity index (χ4v) is 1.94. The third-order valence-electron chi connectivity index (χ3n) is 2.60. The van der Waals surface area contributed by atoms with Gasteiger partial charge in [-0.05, 0) is 24.3 Å². The molecule has 2 N–H and O–H groups in total. The number of allylic oxidation sites excluding steroid dienone is 2. The number of anilines is 1. The lowest BCUT2D eigenvalue weighted by Gasteiger charge is -2.16. The summed E-state index contributed by atoms with van der Waals surface area (Å²) >= 11 is 8.69. The molecular weight excluding hydrogens is 411 g/mol. The van der Waals surface area contributed by atoms with Crippen molar-refractivity contribution in [3.8, 4) is 6.07 Å². The van der Waals surface area contributed by atoms with E-state index >= 15 is 0 Å². The third-order valence-corrected chi connectivity index (χ3v) is 3.04. The number of hydrogen-bond acceptors (Lipinski definition) is 3. The second-order valence-corrected chi connectivity index (χ2v) is 5.83. The maximum absolute atomic E-state index is 13.0. The fourth-order valence-electron chi connectivity index (χ4n) is 1.57. The lowest BCUT2D eigenvalue weighted by Crippen LogP contribution is -2.32. The average Bonchev–Trinajstić information content (AvgIpc) is 2.48. The highest BCUT2D eigenvalue weighted by Crippen LogP contribution is 2.35. The molecule has 0 spiro atoms. The maximum Gasteiger partial charge on any atom is 0.418 e. The monoisotopic (exact) mass is 419 g/mol. The zero-order chi connectivity index (χ0) is 18.5. The van der Waals surface area contributed by atoms with Crippen molar-refractivity contribution in [1.82, 2.24) is 5.43 Å². The van der Waals surface area contributed by atoms with Gasteiger partial charge in [0.2, 0.25) is 0 Å². The van der Waals surface area contributed by atoms with Crippen LogP contribution in [-0.2, 0) is 11.0 Å². The van der Waals surface area contributed by atoms with Crippen LogP contribution in [0.15, 0.2) is 52.5 Å². The molecule has 0 aromatic heterocycles. The molecule has 1 aromatic rings. The van der Waals surface area contributed by atoms with Crippen LogP contribution in [0.5, 0.6) is 0 Å². The van der Waals surface area contributed by atoms with E-state index in [1.54, 1.807) is 6.07 Å². The summed E-state index contributed by atoms with van der Waals surface area (Å²) in [6.07, 6.45) is -3.45. The summed E-state index contributed by atoms with van der Waals surface area (Å²) in [5.41, 5.74) is 2.48. The number of nitrogens with one attached hydrogen (secondary N) is 2. The molecule has 126 valence electrons. The molecule has 0 radical (unpaired) electrons. The van der Waals surface area contributed by atoms with Crippen LogP contribution in [0.2, 0.25) is 0 Å². The van der Waals surface area contributed by atoms with Crippen LogP contribution < -0.4 is 10.9 Å². The van der Waals surface area contributed by atoms with Gasteiger partial charge in [-0.25, -0.2) is 0 Å². The molecule has 0 unspecified atom stereocenters. The second kappa shape index (κ2) is 8.04. The van der Waals surface area contributed by atoms with E-state index in [-0.39, 0.29) is 16.2 Å². The zero-order valence-electron chi connectivity index (χ0n) is 12.0. The molecule has 1 rings (SSSR count). The smallest absolute Gasteiger partial charge is 0.298 e. The van der Waals surface area contributed by atoms with Crippen molar-refractivity contribution in [2.75, 3.05) is 5.43 Å². The summed E-state index contributed by atoms with van der Waals surface area (Å²) in [5.74, 6) is -0.812. The zero-order valence-corrected chi connectivity index (χ0v) is 14.3. The van der Waals surface area contributed by atoms with Crippen LogP contribution in [-0.4, -0.2) is 5.91 Å². The Bertz CT molecular complexity index is 766. The first-order valence-electron chi connectivity index (χ1n) is 6.15. The summed E-state index contributed by atoms with van der Waals surface area (Å²) in [6, 6.07) is 4.50. The Morgan fingerprint density at radius 3 is 2.46 bits per heavy atom. The predicted molar refractivity (Wildman–Crippen MR) is 89.1 cm³/mol. The molecule has 0 bridgehead atoms. The molecule has 0 atom stereocenters. The van der Waals surface area contributed by atoms with Gasteiger partial charge in [0.15, 0.2) is 0 Å². The Kier molecular flexibility index (Phi) is 6.63. The molecule has 24 heavy (non-hydrogen) atoms. The van der Waals surface area contributed by atoms with Gasteiger partial charge in [-0.3, -0.25) is 15.6 Å². The number of nitriles is 1. The van der Waals surface area contributed by atoms with Crippen molar-refractivity contribution < 1.29 is 18.0 Å². The largest absolute Gasteiger partial charge is 0.418 e. The Hall–Kier alpha value is -2.24. The van der Waals surface area contributed by atoms with E-state index in [9.17, 15) is 18.0 Å². The van der Waals surface area contributed by atoms with E-state index < -0.39 is 23.3 Å². The number of nitrogens with zero attached hydrogens (tertiary/aromatic N) is 1. The Morgan fingerprint density at radius 1 is 1.38 bits per heavy atom. The van der Waals surface area contributed by atoms with Crippen LogP contribution in [0, 0.1) is 11.3 Å². The number of halogens is 5. The molecule has 9 heteroatoms. The van der Waals surface area contributed by atoms with Gasteiger partial charge in [-0.15, -0.1) is 0 Å². The highest BCUT2D eigenvalue weighted by atomic mass is 79.9. The second-order valence-electron chi connectivity index (χ2n) is 4.36. The number of carbonyl (C=O) groups is 1. The summed E-state index contributed by atoms with van der Waals surface area (Å²) in [6.45, 7) is 6.90. The first-order valence-corrected chi connectivity index (χ1v) is 7.32. The van der Waals surface area contributed by atoms with Gasteiger partial charge in [-0.1, -0.05) is 40.7 Å². The Morgan fingerprint density at radius 2 is 2.00 bits per heavy atom. The van der Waals surface area contributed by atoms with Crippen molar-refractivity contribution >= 4 is 39.1 Å². The summed E-state index contributed by atoms with van der Waals surface area (Å²) in [5, 5.41) is 8.58. The number of amides is 1. The fraction of sp³-hybridized carbons (Fsp3) is 0.0667. The van der Waals surface area contributed by atoms with Gasteiger partial charge in [-0.2, -0.15) is 18.4 Å². The standard InChI is InChI=1S/C15H10BrClF3N3O/c1-8(16)5-11(9(2)17)14(24)23-22-13-4-3-10(7-21)6-12(13)15(18,19)20/h3-6,22H,1-2H2,(H,23,24)/b11-5+. The SMILES string of the molecule is C=C(Br)/C=C(\C(=C)Cl)C(=O)NNc1ccc(C#N)cc1C(F)(F)F. The van der Waals surface area contributed by atoms with Crippen molar-refractivity contribution in [3.63, 3.8) is 0 Å². The van der Waals surface area contributed by atoms with Gasteiger partial charge >= 0.3 is 6.18 Å². The van der Waals surface area contributed by atoms with E-state index in [0.717, 1.165) is 6.07 Å². The van der Waals surface area contributed by atoms with Crippen LogP contribution in [0.4, 0.5) is 18.9 Å². The van der Waals surface area contributed by atoms with Gasteiger partial charge in [0.1, 0.15) is 0 Å². The highest BCUT2D eigenvalue weighted by molar-refractivity contribution is 9.11. The topological polar surface area (TPSA) is 64.9 Å². The van der Waals surface area contributed by atoms with Crippen LogP contribution >= 0.6 is 27.5 Å².